The number of nitrogens with one attached hydrogen (secondary N) is 2. The molecule has 0 unspecified atom stereocenters. The normalized spacial score (nSPS) is 13.9. The van der Waals surface area contributed by atoms with Gasteiger partial charge in [-0.05, 0) is 28.9 Å². The van der Waals surface area contributed by atoms with Crippen LogP contribution in [0, 0.1) is 0 Å². The molecule has 0 atom stereocenters. The Morgan fingerprint density at radius 2 is 1.95 bits per heavy atom. The van der Waals surface area contributed by atoms with Crippen molar-refractivity contribution in [3.8, 4) is 0 Å². The third-order valence-electron chi connectivity index (χ3n) is 3.70. The fourth-order valence-corrected chi connectivity index (χ4v) is 3.21. The maximum atomic E-state index is 4.78. The monoisotopic (exact) mass is 352 g/mol. The molecule has 4 rings (SSSR count). The molecule has 3 aromatic rings. The SMILES string of the molecule is CC1=CNc2c(cc(Br)c3[nH]ncc23)C(c2ccccc2)=N1. The number of nitrogens with zero attached hydrogens (tertiary/aromatic N) is 2. The van der Waals surface area contributed by atoms with Crippen LogP contribution in [0.2, 0.25) is 0 Å². The van der Waals surface area contributed by atoms with Gasteiger partial charge in [0, 0.05) is 27.2 Å². The molecule has 22 heavy (non-hydrogen) atoms. The summed E-state index contributed by atoms with van der Waals surface area (Å²) >= 11 is 3.62. The first kappa shape index (κ1) is 13.3. The summed E-state index contributed by atoms with van der Waals surface area (Å²) < 4.78 is 0.976. The number of rotatable bonds is 1. The highest BCUT2D eigenvalue weighted by atomic mass is 79.9. The van der Waals surface area contributed by atoms with E-state index in [-0.39, 0.29) is 0 Å². The molecule has 0 radical (unpaired) electrons. The maximum Gasteiger partial charge on any atom is 0.0813 e. The second-order valence-corrected chi connectivity index (χ2v) is 6.05. The van der Waals surface area contributed by atoms with Crippen LogP contribution in [0.4, 0.5) is 5.69 Å². The number of H-pyrrole nitrogens is 1. The molecule has 108 valence electrons. The first-order chi connectivity index (χ1) is 10.7. The quantitative estimate of drug-likeness (QED) is 0.679. The number of halogens is 1. The molecule has 1 aliphatic rings. The summed E-state index contributed by atoms with van der Waals surface area (Å²) in [6.45, 7) is 1.99. The molecule has 0 aliphatic carbocycles. The number of allylic oxidation sites excluding steroid dienone is 1. The van der Waals surface area contributed by atoms with E-state index >= 15 is 0 Å². The predicted octanol–water partition coefficient (Wildman–Crippen LogP) is 4.45. The Hall–Kier alpha value is -2.40. The summed E-state index contributed by atoms with van der Waals surface area (Å²) in [6, 6.07) is 12.3. The van der Waals surface area contributed by atoms with E-state index in [1.807, 2.05) is 37.5 Å². The fourth-order valence-electron chi connectivity index (χ4n) is 2.68. The van der Waals surface area contributed by atoms with Crippen LogP contribution < -0.4 is 5.32 Å². The summed E-state index contributed by atoms with van der Waals surface area (Å²) in [4.78, 5) is 4.78. The minimum Gasteiger partial charge on any atom is -0.359 e. The van der Waals surface area contributed by atoms with Gasteiger partial charge in [0.05, 0.1) is 28.8 Å². The van der Waals surface area contributed by atoms with Crippen LogP contribution in [0.1, 0.15) is 18.1 Å². The van der Waals surface area contributed by atoms with Crippen LogP contribution in [0.3, 0.4) is 0 Å². The minimum absolute atomic E-state index is 0.933. The highest BCUT2D eigenvalue weighted by Gasteiger charge is 2.19. The maximum absolute atomic E-state index is 4.78. The molecule has 1 aliphatic heterocycles. The zero-order valence-corrected chi connectivity index (χ0v) is 13.5. The molecule has 0 amide bonds. The number of benzene rings is 2. The molecule has 0 saturated carbocycles. The van der Waals surface area contributed by atoms with Crippen LogP contribution in [0.5, 0.6) is 0 Å². The van der Waals surface area contributed by atoms with Crippen LogP contribution in [-0.2, 0) is 0 Å². The first-order valence-electron chi connectivity index (χ1n) is 6.97. The number of anilines is 1. The van der Waals surface area contributed by atoms with E-state index in [1.165, 1.54) is 0 Å². The van der Waals surface area contributed by atoms with E-state index in [1.54, 1.807) is 0 Å². The molecule has 2 aromatic carbocycles. The smallest absolute Gasteiger partial charge is 0.0813 e. The number of aromatic amines is 1. The number of hydrogen-bond donors (Lipinski definition) is 2. The molecular weight excluding hydrogens is 340 g/mol. The van der Waals surface area contributed by atoms with E-state index in [4.69, 9.17) is 4.99 Å². The molecule has 0 fully saturated rings. The second-order valence-electron chi connectivity index (χ2n) is 5.20. The fraction of sp³-hybridized carbons (Fsp3) is 0.0588. The first-order valence-corrected chi connectivity index (χ1v) is 7.77. The van der Waals surface area contributed by atoms with Crippen LogP contribution >= 0.6 is 15.9 Å². The zero-order valence-electron chi connectivity index (χ0n) is 11.9. The predicted molar refractivity (Wildman–Crippen MR) is 93.3 cm³/mol. The summed E-state index contributed by atoms with van der Waals surface area (Å²) in [5.74, 6) is 0. The van der Waals surface area contributed by atoms with Crippen LogP contribution in [0.25, 0.3) is 10.9 Å². The number of hydrogen-bond acceptors (Lipinski definition) is 3. The van der Waals surface area contributed by atoms with E-state index < -0.39 is 0 Å². The van der Waals surface area contributed by atoms with Crippen molar-refractivity contribution in [3.05, 3.63) is 70.1 Å². The highest BCUT2D eigenvalue weighted by Crippen LogP contribution is 2.35. The molecule has 4 nitrogen and oxygen atoms in total. The summed E-state index contributed by atoms with van der Waals surface area (Å²) in [5.41, 5.74) is 6.04. The Morgan fingerprint density at radius 1 is 1.14 bits per heavy atom. The Kier molecular flexibility index (Phi) is 3.08. The van der Waals surface area contributed by atoms with E-state index in [0.717, 1.165) is 43.6 Å². The van der Waals surface area contributed by atoms with Gasteiger partial charge >= 0.3 is 0 Å². The van der Waals surface area contributed by atoms with Gasteiger partial charge in [-0.1, -0.05) is 30.3 Å². The molecule has 0 bridgehead atoms. The number of aromatic nitrogens is 2. The van der Waals surface area contributed by atoms with Crippen LogP contribution in [0.15, 0.2) is 64.0 Å². The Morgan fingerprint density at radius 3 is 2.77 bits per heavy atom. The zero-order chi connectivity index (χ0) is 15.1. The largest absolute Gasteiger partial charge is 0.359 e. The highest BCUT2D eigenvalue weighted by molar-refractivity contribution is 9.10. The number of aliphatic imine (C=N–C) groups is 1. The Labute approximate surface area is 136 Å². The molecule has 2 heterocycles. The third-order valence-corrected chi connectivity index (χ3v) is 4.33. The number of fused-ring (bicyclic) bond motifs is 3. The molecular formula is C17H13BrN4. The lowest BCUT2D eigenvalue weighted by Crippen LogP contribution is -2.05. The Balaban J connectivity index is 2.05. The van der Waals surface area contributed by atoms with Crippen molar-refractivity contribution in [2.24, 2.45) is 4.99 Å². The summed E-state index contributed by atoms with van der Waals surface area (Å²) in [7, 11) is 0. The van der Waals surface area contributed by atoms with Crippen molar-refractivity contribution in [1.82, 2.24) is 10.2 Å². The van der Waals surface area contributed by atoms with Crippen molar-refractivity contribution >= 4 is 38.2 Å². The van der Waals surface area contributed by atoms with Crippen molar-refractivity contribution in [2.75, 3.05) is 5.32 Å². The van der Waals surface area contributed by atoms with E-state index in [2.05, 4.69) is 49.6 Å². The average Bonchev–Trinajstić information content (AvgIpc) is 2.97. The molecule has 0 saturated heterocycles. The van der Waals surface area contributed by atoms with Crippen molar-refractivity contribution in [1.29, 1.82) is 0 Å². The van der Waals surface area contributed by atoms with E-state index in [9.17, 15) is 0 Å². The minimum atomic E-state index is 0.933. The van der Waals surface area contributed by atoms with Crippen molar-refractivity contribution in [2.45, 2.75) is 6.92 Å². The van der Waals surface area contributed by atoms with E-state index in [0.29, 0.717) is 0 Å². The van der Waals surface area contributed by atoms with Gasteiger partial charge in [0.15, 0.2) is 0 Å². The van der Waals surface area contributed by atoms with Gasteiger partial charge in [0.2, 0.25) is 0 Å². The molecule has 1 aromatic heterocycles. The van der Waals surface area contributed by atoms with Gasteiger partial charge in [-0.25, -0.2) is 0 Å². The van der Waals surface area contributed by atoms with Gasteiger partial charge in [-0.3, -0.25) is 10.1 Å². The van der Waals surface area contributed by atoms with Crippen LogP contribution in [-0.4, -0.2) is 15.9 Å². The average molecular weight is 353 g/mol. The molecule has 2 N–H and O–H groups in total. The topological polar surface area (TPSA) is 53.1 Å². The second kappa shape index (κ2) is 5.10. The lowest BCUT2D eigenvalue weighted by atomic mass is 9.99. The van der Waals surface area contributed by atoms with Crippen molar-refractivity contribution < 1.29 is 0 Å². The lowest BCUT2D eigenvalue weighted by Gasteiger charge is -2.12. The Bertz CT molecular complexity index is 922. The van der Waals surface area contributed by atoms with Gasteiger partial charge in [0.25, 0.3) is 0 Å². The van der Waals surface area contributed by atoms with Gasteiger partial charge < -0.3 is 5.32 Å². The van der Waals surface area contributed by atoms with Crippen molar-refractivity contribution in [3.63, 3.8) is 0 Å². The standard InChI is InChI=1S/C17H13BrN4/c1-10-8-19-16-12(7-14(18)17-13(16)9-20-22-17)15(21-10)11-5-3-2-4-6-11/h2-9,19H,1H3,(H,20,22). The van der Waals surface area contributed by atoms with Gasteiger partial charge in [0.1, 0.15) is 0 Å². The third kappa shape index (κ3) is 2.05. The summed E-state index contributed by atoms with van der Waals surface area (Å²) in [6.07, 6.45) is 3.76. The molecule has 5 heteroatoms. The summed E-state index contributed by atoms with van der Waals surface area (Å²) in [5, 5.41) is 11.6. The van der Waals surface area contributed by atoms with Gasteiger partial charge in [-0.2, -0.15) is 5.10 Å². The lowest BCUT2D eigenvalue weighted by molar-refractivity contribution is 1.12. The molecule has 0 spiro atoms. The van der Waals surface area contributed by atoms with Gasteiger partial charge in [-0.15, -0.1) is 0 Å².